The summed E-state index contributed by atoms with van der Waals surface area (Å²) in [6, 6.07) is 0. The van der Waals surface area contributed by atoms with E-state index in [-0.39, 0.29) is 37.2 Å². The van der Waals surface area contributed by atoms with Crippen LogP contribution in [0.25, 0.3) is 0 Å². The average Bonchev–Trinajstić information content (AvgIpc) is 2.20. The minimum Gasteiger partial charge on any atom is -0.395 e. The second-order valence-corrected chi connectivity index (χ2v) is 4.32. The van der Waals surface area contributed by atoms with E-state index in [0.717, 1.165) is 12.8 Å². The van der Waals surface area contributed by atoms with Crippen LogP contribution in [0.5, 0.6) is 0 Å². The van der Waals surface area contributed by atoms with Crippen molar-refractivity contribution in [3.63, 3.8) is 0 Å². The van der Waals surface area contributed by atoms with Crippen LogP contribution in [0.1, 0.15) is 32.6 Å². The van der Waals surface area contributed by atoms with E-state index in [1.807, 2.05) is 0 Å². The number of nitrogens with one attached hydrogen (secondary N) is 1. The first-order valence-electron chi connectivity index (χ1n) is 5.53. The molecule has 1 amide bonds. The van der Waals surface area contributed by atoms with Gasteiger partial charge in [0, 0.05) is 25.3 Å². The number of ketones is 1. The van der Waals surface area contributed by atoms with Crippen LogP contribution in [0.15, 0.2) is 0 Å². The van der Waals surface area contributed by atoms with Gasteiger partial charge in [-0.05, 0) is 18.8 Å². The van der Waals surface area contributed by atoms with Gasteiger partial charge in [0.2, 0.25) is 5.91 Å². The minimum absolute atomic E-state index is 0.0548. The SMILES string of the molecule is CC1CCC(=O)C(CC(=O)NCCO)C1. The van der Waals surface area contributed by atoms with Crippen LogP contribution in [-0.2, 0) is 9.59 Å². The van der Waals surface area contributed by atoms with Gasteiger partial charge in [-0.2, -0.15) is 0 Å². The zero-order valence-corrected chi connectivity index (χ0v) is 9.16. The Labute approximate surface area is 90.0 Å². The predicted molar refractivity (Wildman–Crippen MR) is 56.2 cm³/mol. The predicted octanol–water partition coefficient (Wildman–Crippen LogP) is 0.490. The highest BCUT2D eigenvalue weighted by molar-refractivity contribution is 5.87. The van der Waals surface area contributed by atoms with Crippen molar-refractivity contribution in [2.24, 2.45) is 11.8 Å². The van der Waals surface area contributed by atoms with Crippen molar-refractivity contribution in [1.82, 2.24) is 5.32 Å². The lowest BCUT2D eigenvalue weighted by Crippen LogP contribution is -2.32. The maximum Gasteiger partial charge on any atom is 0.220 e. The summed E-state index contributed by atoms with van der Waals surface area (Å²) >= 11 is 0. The van der Waals surface area contributed by atoms with Gasteiger partial charge >= 0.3 is 0 Å². The molecule has 1 fully saturated rings. The van der Waals surface area contributed by atoms with Gasteiger partial charge in [-0.15, -0.1) is 0 Å². The molecule has 0 radical (unpaired) electrons. The number of hydrogen-bond donors (Lipinski definition) is 2. The van der Waals surface area contributed by atoms with Gasteiger partial charge < -0.3 is 10.4 Å². The first kappa shape index (κ1) is 12.2. The summed E-state index contributed by atoms with van der Waals surface area (Å²) in [5, 5.41) is 11.1. The highest BCUT2D eigenvalue weighted by Crippen LogP contribution is 2.27. The first-order valence-corrected chi connectivity index (χ1v) is 5.53. The molecule has 2 N–H and O–H groups in total. The third kappa shape index (κ3) is 4.00. The number of aliphatic hydroxyl groups is 1. The van der Waals surface area contributed by atoms with E-state index in [1.165, 1.54) is 0 Å². The molecule has 15 heavy (non-hydrogen) atoms. The minimum atomic E-state index is -0.128. The Bertz CT molecular complexity index is 240. The summed E-state index contributed by atoms with van der Waals surface area (Å²) < 4.78 is 0. The molecule has 2 unspecified atom stereocenters. The number of aliphatic hydroxyl groups excluding tert-OH is 1. The van der Waals surface area contributed by atoms with Crippen LogP contribution in [-0.4, -0.2) is 29.9 Å². The number of Topliss-reactive ketones (excluding diaryl/α,β-unsaturated/α-hetero) is 1. The Kier molecular flexibility index (Phi) is 4.75. The summed E-state index contributed by atoms with van der Waals surface area (Å²) in [4.78, 5) is 22.9. The van der Waals surface area contributed by atoms with Crippen LogP contribution >= 0.6 is 0 Å². The van der Waals surface area contributed by atoms with Gasteiger partial charge in [-0.3, -0.25) is 9.59 Å². The van der Waals surface area contributed by atoms with E-state index in [0.29, 0.717) is 12.3 Å². The molecule has 0 saturated heterocycles. The Morgan fingerprint density at radius 3 is 3.00 bits per heavy atom. The molecule has 4 nitrogen and oxygen atoms in total. The molecule has 1 aliphatic carbocycles. The third-order valence-corrected chi connectivity index (χ3v) is 2.89. The van der Waals surface area contributed by atoms with Gasteiger partial charge in [-0.25, -0.2) is 0 Å². The number of carbonyl (C=O) groups excluding carboxylic acids is 2. The molecule has 1 rings (SSSR count). The Morgan fingerprint density at radius 1 is 1.60 bits per heavy atom. The summed E-state index contributed by atoms with van der Waals surface area (Å²) in [6.07, 6.45) is 2.67. The summed E-state index contributed by atoms with van der Waals surface area (Å²) in [5.41, 5.74) is 0. The van der Waals surface area contributed by atoms with Crippen molar-refractivity contribution in [1.29, 1.82) is 0 Å². The average molecular weight is 213 g/mol. The lowest BCUT2D eigenvalue weighted by Gasteiger charge is -2.24. The van der Waals surface area contributed by atoms with Crippen molar-refractivity contribution < 1.29 is 14.7 Å². The summed E-state index contributed by atoms with van der Waals surface area (Å²) in [7, 11) is 0. The molecule has 2 atom stereocenters. The topological polar surface area (TPSA) is 66.4 Å². The van der Waals surface area contributed by atoms with Crippen LogP contribution in [0.2, 0.25) is 0 Å². The van der Waals surface area contributed by atoms with Crippen molar-refractivity contribution in [2.75, 3.05) is 13.2 Å². The number of hydrogen-bond acceptors (Lipinski definition) is 3. The number of rotatable bonds is 4. The molecule has 0 aliphatic heterocycles. The van der Waals surface area contributed by atoms with Crippen LogP contribution in [0, 0.1) is 11.8 Å². The molecule has 1 saturated carbocycles. The Hall–Kier alpha value is -0.900. The molecule has 0 spiro atoms. The quantitative estimate of drug-likeness (QED) is 0.714. The molecule has 4 heteroatoms. The molecular formula is C11H19NO3. The Morgan fingerprint density at radius 2 is 2.33 bits per heavy atom. The normalized spacial score (nSPS) is 26.4. The van der Waals surface area contributed by atoms with E-state index in [1.54, 1.807) is 0 Å². The van der Waals surface area contributed by atoms with E-state index < -0.39 is 0 Å². The fraction of sp³-hybridized carbons (Fsp3) is 0.818. The molecule has 0 aromatic heterocycles. The highest BCUT2D eigenvalue weighted by Gasteiger charge is 2.27. The fourth-order valence-electron chi connectivity index (χ4n) is 2.02. The molecule has 0 aromatic carbocycles. The van der Waals surface area contributed by atoms with Gasteiger partial charge in [-0.1, -0.05) is 6.92 Å². The van der Waals surface area contributed by atoms with Crippen LogP contribution in [0.4, 0.5) is 0 Å². The van der Waals surface area contributed by atoms with Gasteiger partial charge in [0.1, 0.15) is 5.78 Å². The third-order valence-electron chi connectivity index (χ3n) is 2.89. The molecule has 1 aliphatic rings. The second kappa shape index (κ2) is 5.85. The summed E-state index contributed by atoms with van der Waals surface area (Å²) in [5.74, 6) is 0.523. The second-order valence-electron chi connectivity index (χ2n) is 4.32. The highest BCUT2D eigenvalue weighted by atomic mass is 16.3. The monoisotopic (exact) mass is 213 g/mol. The van der Waals surface area contributed by atoms with Gasteiger partial charge in [0.25, 0.3) is 0 Å². The smallest absolute Gasteiger partial charge is 0.220 e. The molecule has 0 bridgehead atoms. The molecule has 86 valence electrons. The molecule has 0 heterocycles. The lowest BCUT2D eigenvalue weighted by molar-refractivity contribution is -0.131. The van der Waals surface area contributed by atoms with E-state index in [2.05, 4.69) is 12.2 Å². The maximum atomic E-state index is 11.5. The molecule has 0 aromatic rings. The first-order chi connectivity index (χ1) is 7.13. The largest absolute Gasteiger partial charge is 0.395 e. The fourth-order valence-corrected chi connectivity index (χ4v) is 2.02. The standard InChI is InChI=1S/C11H19NO3/c1-8-2-3-10(14)9(6-8)7-11(15)12-4-5-13/h8-9,13H,2-7H2,1H3,(H,12,15). The number of carbonyl (C=O) groups is 2. The summed E-state index contributed by atoms with van der Waals surface area (Å²) in [6.45, 7) is 2.33. The van der Waals surface area contributed by atoms with Crippen molar-refractivity contribution in [2.45, 2.75) is 32.6 Å². The maximum absolute atomic E-state index is 11.5. The zero-order valence-electron chi connectivity index (χ0n) is 9.16. The van der Waals surface area contributed by atoms with Crippen molar-refractivity contribution in [3.8, 4) is 0 Å². The lowest BCUT2D eigenvalue weighted by atomic mass is 9.80. The molecular weight excluding hydrogens is 194 g/mol. The van der Waals surface area contributed by atoms with Crippen molar-refractivity contribution in [3.05, 3.63) is 0 Å². The van der Waals surface area contributed by atoms with Crippen LogP contribution in [0.3, 0.4) is 0 Å². The Balaban J connectivity index is 2.35. The van der Waals surface area contributed by atoms with E-state index >= 15 is 0 Å². The van der Waals surface area contributed by atoms with Crippen LogP contribution < -0.4 is 5.32 Å². The van der Waals surface area contributed by atoms with Gasteiger partial charge in [0.05, 0.1) is 6.61 Å². The van der Waals surface area contributed by atoms with Gasteiger partial charge in [0.15, 0.2) is 0 Å². The zero-order chi connectivity index (χ0) is 11.3. The van der Waals surface area contributed by atoms with Crippen molar-refractivity contribution >= 4 is 11.7 Å². The van der Waals surface area contributed by atoms with E-state index in [4.69, 9.17) is 5.11 Å². The van der Waals surface area contributed by atoms with E-state index in [9.17, 15) is 9.59 Å². The number of amides is 1.